The van der Waals surface area contributed by atoms with Gasteiger partial charge in [-0.15, -0.1) is 10.2 Å². The number of rotatable bonds is 3. The summed E-state index contributed by atoms with van der Waals surface area (Å²) in [6.07, 6.45) is 0. The Morgan fingerprint density at radius 3 is 2.90 bits per heavy atom. The number of ether oxygens (including phenoxy) is 1. The van der Waals surface area contributed by atoms with E-state index in [2.05, 4.69) is 10.2 Å². The molecule has 0 saturated carbocycles. The maximum Gasteiger partial charge on any atom is 0.169 e. The van der Waals surface area contributed by atoms with Gasteiger partial charge in [-0.25, -0.2) is 0 Å². The Kier molecular flexibility index (Phi) is 3.20. The third-order valence-corrected chi connectivity index (χ3v) is 3.25. The van der Waals surface area contributed by atoms with Gasteiger partial charge in [0.1, 0.15) is 10.9 Å². The Bertz CT molecular complexity index is 769. The van der Waals surface area contributed by atoms with E-state index < -0.39 is 0 Å². The van der Waals surface area contributed by atoms with Crippen LogP contribution in [0.3, 0.4) is 0 Å². The molecule has 0 atom stereocenters. The van der Waals surface area contributed by atoms with Gasteiger partial charge in [0.25, 0.3) is 0 Å². The lowest BCUT2D eigenvalue weighted by Gasteiger charge is -2.08. The number of halogens is 1. The topological polar surface area (TPSA) is 65.4 Å². The van der Waals surface area contributed by atoms with Crippen LogP contribution in [0.2, 0.25) is 5.15 Å². The minimum atomic E-state index is 0.551. The zero-order chi connectivity index (χ0) is 14.1. The van der Waals surface area contributed by atoms with Gasteiger partial charge in [0.05, 0.1) is 12.3 Å². The Morgan fingerprint density at radius 1 is 1.25 bits per heavy atom. The van der Waals surface area contributed by atoms with Gasteiger partial charge in [-0.05, 0) is 37.3 Å². The van der Waals surface area contributed by atoms with Crippen LogP contribution in [-0.4, -0.2) is 21.2 Å². The summed E-state index contributed by atoms with van der Waals surface area (Å²) in [6, 6.07) is 11.0. The normalized spacial score (nSPS) is 10.9. The summed E-state index contributed by atoms with van der Waals surface area (Å²) in [5, 5.41) is 8.85. The summed E-state index contributed by atoms with van der Waals surface area (Å²) in [4.78, 5) is 0. The molecule has 0 saturated heterocycles. The number of fused-ring (bicyclic) bond motifs is 1. The molecule has 0 fully saturated rings. The second-order valence-electron chi connectivity index (χ2n) is 4.25. The van der Waals surface area contributed by atoms with Crippen molar-refractivity contribution in [3.05, 3.63) is 41.6 Å². The van der Waals surface area contributed by atoms with Crippen LogP contribution < -0.4 is 10.5 Å². The minimum Gasteiger partial charge on any atom is -0.492 e. The molecule has 2 heterocycles. The van der Waals surface area contributed by atoms with Crippen LogP contribution in [0, 0.1) is 0 Å². The highest BCUT2D eigenvalue weighted by Gasteiger charge is 2.12. The number of aromatic nitrogens is 3. The molecule has 1 aromatic carbocycles. The summed E-state index contributed by atoms with van der Waals surface area (Å²) in [7, 11) is 0. The molecule has 102 valence electrons. The van der Waals surface area contributed by atoms with Crippen molar-refractivity contribution in [2.24, 2.45) is 0 Å². The van der Waals surface area contributed by atoms with Gasteiger partial charge in [0.2, 0.25) is 0 Å². The van der Waals surface area contributed by atoms with Crippen molar-refractivity contribution in [2.75, 3.05) is 12.3 Å². The van der Waals surface area contributed by atoms with Crippen molar-refractivity contribution < 1.29 is 4.74 Å². The van der Waals surface area contributed by atoms with Crippen LogP contribution in [0.5, 0.6) is 5.75 Å². The standard InChI is InChI=1S/C14H13ClN4O/c1-2-20-11-8-9(6-7-10(11)16)14-18-17-13-5-3-4-12(15)19(13)14/h3-8H,2,16H2,1H3. The van der Waals surface area contributed by atoms with E-state index in [1.807, 2.05) is 31.2 Å². The number of benzene rings is 1. The van der Waals surface area contributed by atoms with Gasteiger partial charge in [-0.1, -0.05) is 17.7 Å². The predicted octanol–water partition coefficient (Wildman–Crippen LogP) is 3.03. The number of hydrogen-bond acceptors (Lipinski definition) is 4. The summed E-state index contributed by atoms with van der Waals surface area (Å²) in [5.74, 6) is 1.29. The summed E-state index contributed by atoms with van der Waals surface area (Å²) < 4.78 is 7.28. The van der Waals surface area contributed by atoms with Gasteiger partial charge in [0, 0.05) is 5.56 Å². The second kappa shape index (κ2) is 5.02. The number of nitrogens with two attached hydrogens (primary N) is 1. The fourth-order valence-corrected chi connectivity index (χ4v) is 2.28. The average molecular weight is 289 g/mol. The van der Waals surface area contributed by atoms with Crippen LogP contribution in [0.25, 0.3) is 17.0 Å². The molecule has 0 aliphatic carbocycles. The Morgan fingerprint density at radius 2 is 2.10 bits per heavy atom. The molecule has 2 N–H and O–H groups in total. The monoisotopic (exact) mass is 288 g/mol. The highest BCUT2D eigenvalue weighted by molar-refractivity contribution is 6.29. The third-order valence-electron chi connectivity index (χ3n) is 2.95. The molecule has 0 bridgehead atoms. The highest BCUT2D eigenvalue weighted by Crippen LogP contribution is 2.29. The van der Waals surface area contributed by atoms with Crippen LogP contribution in [0.15, 0.2) is 36.4 Å². The van der Waals surface area contributed by atoms with Crippen LogP contribution in [0.1, 0.15) is 6.92 Å². The number of anilines is 1. The van der Waals surface area contributed by atoms with E-state index in [0.717, 1.165) is 5.56 Å². The maximum atomic E-state index is 6.21. The zero-order valence-corrected chi connectivity index (χ0v) is 11.6. The van der Waals surface area contributed by atoms with Gasteiger partial charge < -0.3 is 10.5 Å². The minimum absolute atomic E-state index is 0.551. The fraction of sp³-hybridized carbons (Fsp3) is 0.143. The molecule has 5 nitrogen and oxygen atoms in total. The first-order valence-corrected chi connectivity index (χ1v) is 6.61. The largest absolute Gasteiger partial charge is 0.492 e. The van der Waals surface area contributed by atoms with Crippen molar-refractivity contribution in [1.29, 1.82) is 0 Å². The molecule has 0 spiro atoms. The number of nitrogens with zero attached hydrogens (tertiary/aromatic N) is 3. The first-order valence-electron chi connectivity index (χ1n) is 6.23. The van der Waals surface area contributed by atoms with Crippen LogP contribution in [0.4, 0.5) is 5.69 Å². The Labute approximate surface area is 121 Å². The van der Waals surface area contributed by atoms with E-state index in [1.54, 1.807) is 16.5 Å². The smallest absolute Gasteiger partial charge is 0.169 e. The molecule has 6 heteroatoms. The fourth-order valence-electron chi connectivity index (χ4n) is 2.04. The molecule has 0 radical (unpaired) electrons. The zero-order valence-electron chi connectivity index (χ0n) is 10.9. The SMILES string of the molecule is CCOc1cc(-c2nnc3cccc(Cl)n23)ccc1N. The van der Waals surface area contributed by atoms with Crippen molar-refractivity contribution in [1.82, 2.24) is 14.6 Å². The lowest BCUT2D eigenvalue weighted by atomic mass is 10.2. The molecule has 3 aromatic rings. The predicted molar refractivity (Wildman–Crippen MR) is 79.0 cm³/mol. The molecule has 0 amide bonds. The third kappa shape index (κ3) is 2.06. The summed E-state index contributed by atoms with van der Waals surface area (Å²) >= 11 is 6.21. The second-order valence-corrected chi connectivity index (χ2v) is 4.64. The van der Waals surface area contributed by atoms with E-state index in [0.29, 0.717) is 34.7 Å². The lowest BCUT2D eigenvalue weighted by molar-refractivity contribution is 0.342. The number of hydrogen-bond donors (Lipinski definition) is 1. The van der Waals surface area contributed by atoms with Crippen molar-refractivity contribution in [3.8, 4) is 17.1 Å². The quantitative estimate of drug-likeness (QED) is 0.594. The first-order chi connectivity index (χ1) is 9.70. The van der Waals surface area contributed by atoms with Gasteiger partial charge in [-0.2, -0.15) is 0 Å². The Hall–Kier alpha value is -2.27. The van der Waals surface area contributed by atoms with Gasteiger partial charge >= 0.3 is 0 Å². The van der Waals surface area contributed by atoms with Crippen molar-refractivity contribution in [3.63, 3.8) is 0 Å². The summed E-state index contributed by atoms with van der Waals surface area (Å²) in [6.45, 7) is 2.46. The lowest BCUT2D eigenvalue weighted by Crippen LogP contribution is -1.98. The van der Waals surface area contributed by atoms with E-state index >= 15 is 0 Å². The van der Waals surface area contributed by atoms with Gasteiger partial charge in [0.15, 0.2) is 11.5 Å². The van der Waals surface area contributed by atoms with Crippen molar-refractivity contribution in [2.45, 2.75) is 6.92 Å². The van der Waals surface area contributed by atoms with Gasteiger partial charge in [-0.3, -0.25) is 4.40 Å². The molecule has 20 heavy (non-hydrogen) atoms. The van der Waals surface area contributed by atoms with Crippen molar-refractivity contribution >= 4 is 22.9 Å². The number of pyridine rings is 1. The van der Waals surface area contributed by atoms with E-state index in [9.17, 15) is 0 Å². The molecular weight excluding hydrogens is 276 g/mol. The molecule has 0 aliphatic rings. The summed E-state index contributed by atoms with van der Waals surface area (Å²) in [5.41, 5.74) is 8.02. The first kappa shape index (κ1) is 12.7. The van der Waals surface area contributed by atoms with E-state index in [4.69, 9.17) is 22.1 Å². The number of nitrogen functional groups attached to an aromatic ring is 1. The van der Waals surface area contributed by atoms with E-state index in [-0.39, 0.29) is 0 Å². The van der Waals surface area contributed by atoms with Crippen LogP contribution in [-0.2, 0) is 0 Å². The molecular formula is C14H13ClN4O. The molecule has 3 rings (SSSR count). The average Bonchev–Trinajstić information content (AvgIpc) is 2.87. The highest BCUT2D eigenvalue weighted by atomic mass is 35.5. The van der Waals surface area contributed by atoms with Crippen LogP contribution >= 0.6 is 11.6 Å². The molecule has 2 aromatic heterocycles. The van der Waals surface area contributed by atoms with E-state index in [1.165, 1.54) is 0 Å². The maximum absolute atomic E-state index is 6.21. The Balaban J connectivity index is 2.18. The molecule has 0 aliphatic heterocycles. The molecule has 0 unspecified atom stereocenters.